The molecule has 6 heteroatoms. The summed E-state index contributed by atoms with van der Waals surface area (Å²) < 4.78 is 0. The number of piperazine rings is 1. The molecule has 1 aliphatic heterocycles. The van der Waals surface area contributed by atoms with Crippen molar-refractivity contribution < 1.29 is 4.79 Å². The third-order valence-electron chi connectivity index (χ3n) is 5.40. The zero-order valence-electron chi connectivity index (χ0n) is 14.8. The normalized spacial score (nSPS) is 20.0. The topological polar surface area (TPSA) is 44.4 Å². The molecule has 2 N–H and O–H groups in total. The number of nitrogens with zero attached hydrogens (tertiary/aromatic N) is 1. The number of benzene rings is 1. The second-order valence-corrected chi connectivity index (χ2v) is 7.01. The predicted octanol–water partition coefficient (Wildman–Crippen LogP) is 2.75. The standard InChI is InChI=1S/C19H29N3O.2ClH/c23-18(15-22-13-11-20-12-14-22)21-16-19(9-5-2-6-10-19)17-7-3-1-4-8-17;;/h1,3-4,7-8,20H,2,5-6,9-16H2,(H,21,23);2*1H. The van der Waals surface area contributed by atoms with E-state index in [1.54, 1.807) is 0 Å². The number of carbonyl (C=O) groups is 1. The average molecular weight is 388 g/mol. The van der Waals surface area contributed by atoms with E-state index < -0.39 is 0 Å². The fourth-order valence-electron chi connectivity index (χ4n) is 3.98. The molecule has 3 rings (SSSR count). The molecule has 0 radical (unpaired) electrons. The van der Waals surface area contributed by atoms with Gasteiger partial charge in [-0.15, -0.1) is 24.8 Å². The third-order valence-corrected chi connectivity index (χ3v) is 5.40. The maximum absolute atomic E-state index is 12.4. The molecule has 1 aromatic rings. The minimum atomic E-state index is 0. The summed E-state index contributed by atoms with van der Waals surface area (Å²) in [6, 6.07) is 10.8. The van der Waals surface area contributed by atoms with E-state index >= 15 is 0 Å². The summed E-state index contributed by atoms with van der Waals surface area (Å²) in [5.74, 6) is 0.174. The number of amides is 1. The summed E-state index contributed by atoms with van der Waals surface area (Å²) in [6.45, 7) is 5.23. The fraction of sp³-hybridized carbons (Fsp3) is 0.632. The highest BCUT2D eigenvalue weighted by atomic mass is 35.5. The quantitative estimate of drug-likeness (QED) is 0.816. The summed E-state index contributed by atoms with van der Waals surface area (Å²) in [5.41, 5.74) is 1.53. The summed E-state index contributed by atoms with van der Waals surface area (Å²) in [7, 11) is 0. The Bertz CT molecular complexity index is 501. The Morgan fingerprint density at radius 1 is 1.04 bits per heavy atom. The lowest BCUT2D eigenvalue weighted by molar-refractivity contribution is -0.122. The molecule has 1 heterocycles. The lowest BCUT2D eigenvalue weighted by atomic mass is 9.69. The van der Waals surface area contributed by atoms with Crippen LogP contribution >= 0.6 is 24.8 Å². The number of hydrogen-bond acceptors (Lipinski definition) is 3. The highest BCUT2D eigenvalue weighted by molar-refractivity contribution is 5.85. The summed E-state index contributed by atoms with van der Waals surface area (Å²) >= 11 is 0. The Labute approximate surface area is 163 Å². The van der Waals surface area contributed by atoms with E-state index in [2.05, 4.69) is 45.9 Å². The van der Waals surface area contributed by atoms with Crippen molar-refractivity contribution in [1.29, 1.82) is 0 Å². The highest BCUT2D eigenvalue weighted by Crippen LogP contribution is 2.38. The molecule has 0 unspecified atom stereocenters. The van der Waals surface area contributed by atoms with Crippen molar-refractivity contribution in [2.24, 2.45) is 0 Å². The lowest BCUT2D eigenvalue weighted by Gasteiger charge is -2.38. The first-order valence-corrected chi connectivity index (χ1v) is 9.04. The van der Waals surface area contributed by atoms with Crippen LogP contribution in [0.2, 0.25) is 0 Å². The number of carbonyl (C=O) groups excluding carboxylic acids is 1. The number of rotatable bonds is 5. The van der Waals surface area contributed by atoms with Gasteiger partial charge in [0.15, 0.2) is 0 Å². The number of halogens is 2. The van der Waals surface area contributed by atoms with Gasteiger partial charge in [0.05, 0.1) is 6.54 Å². The van der Waals surface area contributed by atoms with Crippen LogP contribution < -0.4 is 10.6 Å². The Morgan fingerprint density at radius 2 is 1.68 bits per heavy atom. The molecule has 2 fully saturated rings. The molecule has 2 aliphatic rings. The van der Waals surface area contributed by atoms with Crippen LogP contribution in [0.15, 0.2) is 30.3 Å². The van der Waals surface area contributed by atoms with Gasteiger partial charge in [0.2, 0.25) is 5.91 Å². The minimum absolute atomic E-state index is 0. The molecule has 0 aromatic heterocycles. The predicted molar refractivity (Wildman–Crippen MR) is 108 cm³/mol. The smallest absolute Gasteiger partial charge is 0.234 e. The monoisotopic (exact) mass is 387 g/mol. The highest BCUT2D eigenvalue weighted by Gasteiger charge is 2.34. The van der Waals surface area contributed by atoms with Crippen molar-refractivity contribution in [2.45, 2.75) is 37.5 Å². The van der Waals surface area contributed by atoms with E-state index in [4.69, 9.17) is 0 Å². The van der Waals surface area contributed by atoms with E-state index in [9.17, 15) is 4.79 Å². The Balaban J connectivity index is 0.00000156. The second kappa shape index (κ2) is 11.0. The molecule has 0 bridgehead atoms. The molecule has 4 nitrogen and oxygen atoms in total. The van der Waals surface area contributed by atoms with Crippen molar-refractivity contribution in [2.75, 3.05) is 39.3 Å². The first kappa shape index (κ1) is 22.2. The van der Waals surface area contributed by atoms with Gasteiger partial charge in [0, 0.05) is 38.1 Å². The molecule has 25 heavy (non-hydrogen) atoms. The first-order valence-electron chi connectivity index (χ1n) is 9.04. The summed E-state index contributed by atoms with van der Waals surface area (Å²) in [6.07, 6.45) is 6.23. The van der Waals surface area contributed by atoms with Crippen LogP contribution in [0.25, 0.3) is 0 Å². The third kappa shape index (κ3) is 6.14. The molecule has 1 saturated carbocycles. The minimum Gasteiger partial charge on any atom is -0.354 e. The van der Waals surface area contributed by atoms with Crippen LogP contribution in [-0.4, -0.2) is 50.1 Å². The SMILES string of the molecule is Cl.Cl.O=C(CN1CCNCC1)NCC1(c2ccccc2)CCCCC1. The zero-order chi connectivity index (χ0) is 16.0. The zero-order valence-corrected chi connectivity index (χ0v) is 16.5. The van der Waals surface area contributed by atoms with Gasteiger partial charge in [-0.05, 0) is 18.4 Å². The Morgan fingerprint density at radius 3 is 2.32 bits per heavy atom. The first-order chi connectivity index (χ1) is 11.3. The fourth-order valence-corrected chi connectivity index (χ4v) is 3.98. The largest absolute Gasteiger partial charge is 0.354 e. The van der Waals surface area contributed by atoms with E-state index in [0.29, 0.717) is 6.54 Å². The van der Waals surface area contributed by atoms with Gasteiger partial charge >= 0.3 is 0 Å². The maximum atomic E-state index is 12.4. The molecular weight excluding hydrogens is 357 g/mol. The molecule has 1 saturated heterocycles. The van der Waals surface area contributed by atoms with Crippen molar-refractivity contribution in [3.8, 4) is 0 Å². The van der Waals surface area contributed by atoms with Crippen molar-refractivity contribution in [1.82, 2.24) is 15.5 Å². The van der Waals surface area contributed by atoms with E-state index in [1.807, 2.05) is 0 Å². The van der Waals surface area contributed by atoms with Crippen LogP contribution in [0.1, 0.15) is 37.7 Å². The van der Waals surface area contributed by atoms with Gasteiger partial charge in [0.1, 0.15) is 0 Å². The van der Waals surface area contributed by atoms with Crippen LogP contribution in [0.4, 0.5) is 0 Å². The Kier molecular flexibility index (Phi) is 9.80. The molecule has 0 atom stereocenters. The van der Waals surface area contributed by atoms with Crippen molar-refractivity contribution in [3.63, 3.8) is 0 Å². The van der Waals surface area contributed by atoms with Crippen molar-refractivity contribution >= 4 is 30.7 Å². The van der Waals surface area contributed by atoms with Crippen LogP contribution in [0, 0.1) is 0 Å². The maximum Gasteiger partial charge on any atom is 0.234 e. The van der Waals surface area contributed by atoms with Crippen LogP contribution in [-0.2, 0) is 10.2 Å². The van der Waals surface area contributed by atoms with Gasteiger partial charge in [-0.3, -0.25) is 9.69 Å². The van der Waals surface area contributed by atoms with Gasteiger partial charge in [-0.25, -0.2) is 0 Å². The van der Waals surface area contributed by atoms with Crippen molar-refractivity contribution in [3.05, 3.63) is 35.9 Å². The van der Waals surface area contributed by atoms with E-state index in [1.165, 1.54) is 37.7 Å². The molecule has 1 amide bonds. The number of nitrogens with one attached hydrogen (secondary N) is 2. The van der Waals surface area contributed by atoms with E-state index in [-0.39, 0.29) is 36.1 Å². The summed E-state index contributed by atoms with van der Waals surface area (Å²) in [4.78, 5) is 14.6. The molecule has 1 aromatic carbocycles. The lowest BCUT2D eigenvalue weighted by Crippen LogP contribution is -2.49. The molecule has 0 spiro atoms. The summed E-state index contributed by atoms with van der Waals surface area (Å²) in [5, 5.41) is 6.56. The van der Waals surface area contributed by atoms with Gasteiger partial charge in [-0.2, -0.15) is 0 Å². The van der Waals surface area contributed by atoms with Gasteiger partial charge < -0.3 is 10.6 Å². The van der Waals surface area contributed by atoms with Crippen LogP contribution in [0.3, 0.4) is 0 Å². The number of hydrogen-bond donors (Lipinski definition) is 2. The van der Waals surface area contributed by atoms with E-state index in [0.717, 1.165) is 32.7 Å². The second-order valence-electron chi connectivity index (χ2n) is 7.01. The molecule has 1 aliphatic carbocycles. The van der Waals surface area contributed by atoms with Crippen LogP contribution in [0.5, 0.6) is 0 Å². The van der Waals surface area contributed by atoms with Gasteiger partial charge in [0.25, 0.3) is 0 Å². The van der Waals surface area contributed by atoms with Gasteiger partial charge in [-0.1, -0.05) is 49.6 Å². The molecule has 142 valence electrons. The average Bonchev–Trinajstić information content (AvgIpc) is 2.62. The Hall–Kier alpha value is -0.810. The molecular formula is C19H31Cl2N3O.